The summed E-state index contributed by atoms with van der Waals surface area (Å²) in [5.41, 5.74) is -4.30. The van der Waals surface area contributed by atoms with Gasteiger partial charge in [0.1, 0.15) is 29.0 Å². The SMILES string of the molecule is Cc1nc(N[C@H](C)c2cccc(C(F)(F)F)c2C)c2c(n1)=C(C#N)C(=C=O)N(C1(C(F)(F)F)CCOC1)C=2. The molecule has 38 heavy (non-hydrogen) atoms. The number of benzene rings is 1. The van der Waals surface area contributed by atoms with Crippen LogP contribution in [0.2, 0.25) is 0 Å². The number of hydrogen-bond acceptors (Lipinski definition) is 7. The van der Waals surface area contributed by atoms with Gasteiger partial charge in [0.25, 0.3) is 0 Å². The van der Waals surface area contributed by atoms with Gasteiger partial charge in [-0.2, -0.15) is 31.6 Å². The van der Waals surface area contributed by atoms with Gasteiger partial charge in [0.2, 0.25) is 0 Å². The van der Waals surface area contributed by atoms with E-state index in [-0.39, 0.29) is 39.9 Å². The molecule has 0 bridgehead atoms. The number of alkyl halides is 6. The zero-order valence-electron chi connectivity index (χ0n) is 20.4. The van der Waals surface area contributed by atoms with E-state index in [0.717, 1.165) is 12.3 Å². The molecular weight excluding hydrogens is 516 g/mol. The van der Waals surface area contributed by atoms with Crippen molar-refractivity contribution in [3.8, 4) is 6.07 Å². The molecule has 0 aliphatic carbocycles. The minimum absolute atomic E-state index is 0.0178. The minimum atomic E-state index is -4.86. The number of ether oxygens (including phenoxy) is 1. The van der Waals surface area contributed by atoms with Gasteiger partial charge in [0.05, 0.1) is 28.8 Å². The lowest BCUT2D eigenvalue weighted by Crippen LogP contribution is -2.59. The number of hydrogen-bond donors (Lipinski definition) is 1. The Morgan fingerprint density at radius 2 is 1.89 bits per heavy atom. The van der Waals surface area contributed by atoms with Crippen LogP contribution in [0.4, 0.5) is 32.2 Å². The van der Waals surface area contributed by atoms with E-state index < -0.39 is 53.8 Å². The third-order valence-electron chi connectivity index (χ3n) is 6.73. The lowest BCUT2D eigenvalue weighted by atomic mass is 9.92. The molecule has 0 saturated carbocycles. The monoisotopic (exact) mass is 537 g/mol. The van der Waals surface area contributed by atoms with Crippen molar-refractivity contribution in [2.75, 3.05) is 18.5 Å². The van der Waals surface area contributed by atoms with Gasteiger partial charge in [-0.1, -0.05) is 12.1 Å². The number of nitriles is 1. The van der Waals surface area contributed by atoms with E-state index in [1.165, 1.54) is 31.9 Å². The summed E-state index contributed by atoms with van der Waals surface area (Å²) in [5.74, 6) is 1.56. The fourth-order valence-electron chi connectivity index (χ4n) is 4.79. The summed E-state index contributed by atoms with van der Waals surface area (Å²) in [5, 5.41) is 12.7. The Balaban J connectivity index is 1.93. The first-order chi connectivity index (χ1) is 17.7. The molecule has 1 saturated heterocycles. The molecule has 0 radical (unpaired) electrons. The van der Waals surface area contributed by atoms with Gasteiger partial charge in [-0.3, -0.25) is 0 Å². The number of nitrogens with zero attached hydrogens (tertiary/aromatic N) is 4. The van der Waals surface area contributed by atoms with Crippen LogP contribution >= 0.6 is 0 Å². The zero-order chi connectivity index (χ0) is 28.0. The Hall–Kier alpha value is -3.88. The fourth-order valence-corrected chi connectivity index (χ4v) is 4.79. The molecule has 2 aliphatic heterocycles. The van der Waals surface area contributed by atoms with Gasteiger partial charge < -0.3 is 15.0 Å². The molecule has 2 atom stereocenters. The van der Waals surface area contributed by atoms with Crippen LogP contribution < -0.4 is 15.9 Å². The second-order valence-corrected chi connectivity index (χ2v) is 9.03. The number of anilines is 1. The van der Waals surface area contributed by atoms with Crippen molar-refractivity contribution in [1.82, 2.24) is 14.9 Å². The highest BCUT2D eigenvalue weighted by atomic mass is 19.4. The Bertz CT molecular complexity index is 1500. The molecule has 0 amide bonds. The summed E-state index contributed by atoms with van der Waals surface area (Å²) in [6, 6.07) is 4.69. The molecule has 2 aromatic rings. The lowest BCUT2D eigenvalue weighted by molar-refractivity contribution is -0.214. The number of aryl methyl sites for hydroxylation is 1. The third-order valence-corrected chi connectivity index (χ3v) is 6.73. The van der Waals surface area contributed by atoms with Gasteiger partial charge in [-0.05, 0) is 38.0 Å². The highest BCUT2D eigenvalue weighted by Gasteiger charge is 2.61. The summed E-state index contributed by atoms with van der Waals surface area (Å²) >= 11 is 0. The molecule has 7 nitrogen and oxygen atoms in total. The number of allylic oxidation sites excluding steroid dienone is 1. The second-order valence-electron chi connectivity index (χ2n) is 9.03. The molecular formula is C25H21F6N5O2. The maximum absolute atomic E-state index is 14.4. The zero-order valence-corrected chi connectivity index (χ0v) is 20.4. The minimum Gasteiger partial charge on any atom is -0.379 e. The quantitative estimate of drug-likeness (QED) is 0.472. The predicted octanol–water partition coefficient (Wildman–Crippen LogP) is 3.45. The Morgan fingerprint density at radius 1 is 1.18 bits per heavy atom. The van der Waals surface area contributed by atoms with E-state index in [4.69, 9.17) is 4.74 Å². The van der Waals surface area contributed by atoms with Crippen LogP contribution in [0.25, 0.3) is 11.8 Å². The molecule has 0 spiro atoms. The van der Waals surface area contributed by atoms with Crippen molar-refractivity contribution in [1.29, 1.82) is 5.26 Å². The first kappa shape index (κ1) is 27.2. The number of nitrogens with one attached hydrogen (secondary N) is 1. The van der Waals surface area contributed by atoms with Crippen molar-refractivity contribution in [3.05, 3.63) is 57.0 Å². The van der Waals surface area contributed by atoms with Gasteiger partial charge in [0, 0.05) is 19.2 Å². The van der Waals surface area contributed by atoms with E-state index in [9.17, 15) is 36.4 Å². The average Bonchev–Trinajstić information content (AvgIpc) is 3.33. The van der Waals surface area contributed by atoms with Gasteiger partial charge >= 0.3 is 12.4 Å². The van der Waals surface area contributed by atoms with Gasteiger partial charge in [0.15, 0.2) is 11.5 Å². The highest BCUT2D eigenvalue weighted by molar-refractivity contribution is 5.87. The molecule has 4 rings (SSSR count). The number of aromatic nitrogens is 2. The predicted molar refractivity (Wildman–Crippen MR) is 123 cm³/mol. The van der Waals surface area contributed by atoms with Crippen LogP contribution in [0.5, 0.6) is 0 Å². The molecule has 1 aromatic carbocycles. The molecule has 2 aliphatic rings. The second kappa shape index (κ2) is 9.45. The summed E-state index contributed by atoms with van der Waals surface area (Å²) in [7, 11) is 0. The van der Waals surface area contributed by atoms with Gasteiger partial charge in [-0.15, -0.1) is 0 Å². The first-order valence-electron chi connectivity index (χ1n) is 11.4. The Morgan fingerprint density at radius 3 is 2.45 bits per heavy atom. The summed E-state index contributed by atoms with van der Waals surface area (Å²) in [6.07, 6.45) is -8.93. The molecule has 1 aromatic heterocycles. The maximum atomic E-state index is 14.4. The van der Waals surface area contributed by atoms with Crippen LogP contribution in [0.1, 0.15) is 41.9 Å². The van der Waals surface area contributed by atoms with Crippen molar-refractivity contribution < 1.29 is 35.9 Å². The molecule has 200 valence electrons. The Labute approximate surface area is 212 Å². The lowest BCUT2D eigenvalue weighted by Gasteiger charge is -2.41. The number of fused-ring (bicyclic) bond motifs is 1. The third kappa shape index (κ3) is 4.40. The molecule has 1 unspecified atom stereocenters. The summed E-state index contributed by atoms with van der Waals surface area (Å²) < 4.78 is 88.5. The number of carbonyl (C=O) groups excluding carboxylic acids is 1. The van der Waals surface area contributed by atoms with E-state index >= 15 is 0 Å². The van der Waals surface area contributed by atoms with Crippen molar-refractivity contribution in [2.45, 2.75) is 51.1 Å². The van der Waals surface area contributed by atoms with Crippen LogP contribution in [0.15, 0.2) is 23.9 Å². The molecule has 1 N–H and O–H groups in total. The number of halogens is 6. The van der Waals surface area contributed by atoms with Crippen LogP contribution in [-0.2, 0) is 15.7 Å². The van der Waals surface area contributed by atoms with Crippen LogP contribution in [0.3, 0.4) is 0 Å². The largest absolute Gasteiger partial charge is 0.416 e. The van der Waals surface area contributed by atoms with Crippen LogP contribution in [-0.4, -0.2) is 45.7 Å². The normalized spacial score (nSPS) is 20.4. The smallest absolute Gasteiger partial charge is 0.379 e. The van der Waals surface area contributed by atoms with Crippen molar-refractivity contribution in [3.63, 3.8) is 0 Å². The summed E-state index contributed by atoms with van der Waals surface area (Å²) in [6.45, 7) is 3.34. The van der Waals surface area contributed by atoms with Gasteiger partial charge in [-0.25, -0.2) is 14.8 Å². The highest BCUT2D eigenvalue weighted by Crippen LogP contribution is 2.45. The van der Waals surface area contributed by atoms with E-state index in [0.29, 0.717) is 4.90 Å². The standard InChI is InChI=1S/C25H21F6N5O2/c1-13-16(5-4-6-19(13)24(26,27)28)14(2)33-22-18-10-36(23(25(29,30)31)7-8-38-12-23)20(11-37)17(9-32)21(18)34-15(3)35-22/h4-6,10,14H,7-8,12H2,1-3H3,(H,33,34,35)/t14-,23?/m1/s1. The maximum Gasteiger partial charge on any atom is 0.416 e. The van der Waals surface area contributed by atoms with E-state index in [2.05, 4.69) is 15.3 Å². The van der Waals surface area contributed by atoms with E-state index in [1.54, 1.807) is 13.0 Å². The van der Waals surface area contributed by atoms with Crippen molar-refractivity contribution >= 4 is 23.5 Å². The van der Waals surface area contributed by atoms with Crippen LogP contribution in [0, 0.1) is 25.2 Å². The molecule has 3 heterocycles. The molecule has 1 fully saturated rings. The number of rotatable bonds is 4. The molecule has 13 heteroatoms. The summed E-state index contributed by atoms with van der Waals surface area (Å²) in [4.78, 5) is 21.0. The topological polar surface area (TPSA) is 91.1 Å². The Kier molecular flexibility index (Phi) is 6.76. The average molecular weight is 537 g/mol. The van der Waals surface area contributed by atoms with Crippen molar-refractivity contribution in [2.24, 2.45) is 0 Å². The fraction of sp³-hybridized carbons (Fsp3) is 0.400. The first-order valence-corrected chi connectivity index (χ1v) is 11.4. The van der Waals surface area contributed by atoms with E-state index in [1.807, 2.05) is 0 Å².